The molecule has 6 heteroatoms. The number of nitrogens with one attached hydrogen (secondary N) is 1. The van der Waals surface area contributed by atoms with E-state index >= 15 is 0 Å². The molecule has 0 fully saturated rings. The number of rotatable bonds is 7. The van der Waals surface area contributed by atoms with Crippen LogP contribution in [0.1, 0.15) is 19.4 Å². The zero-order chi connectivity index (χ0) is 14.4. The van der Waals surface area contributed by atoms with Gasteiger partial charge in [0.1, 0.15) is 0 Å². The first-order valence-corrected chi connectivity index (χ1v) is 6.63. The Morgan fingerprint density at radius 2 is 2.16 bits per heavy atom. The van der Waals surface area contributed by atoms with Crippen LogP contribution < -0.4 is 5.32 Å². The largest absolute Gasteiger partial charge is 0.311 e. The van der Waals surface area contributed by atoms with Crippen molar-refractivity contribution >= 4 is 17.3 Å². The van der Waals surface area contributed by atoms with E-state index in [1.807, 2.05) is 0 Å². The van der Waals surface area contributed by atoms with E-state index in [0.717, 1.165) is 18.7 Å². The fourth-order valence-electron chi connectivity index (χ4n) is 1.55. The van der Waals surface area contributed by atoms with Crippen molar-refractivity contribution in [3.8, 4) is 0 Å². The van der Waals surface area contributed by atoms with E-state index in [1.54, 1.807) is 6.07 Å². The van der Waals surface area contributed by atoms with Gasteiger partial charge in [0.05, 0.1) is 4.92 Å². The van der Waals surface area contributed by atoms with Crippen molar-refractivity contribution < 1.29 is 4.92 Å². The minimum absolute atomic E-state index is 0.0699. The normalized spacial score (nSPS) is 11.3. The topological polar surface area (TPSA) is 58.4 Å². The first kappa shape index (κ1) is 15.9. The van der Waals surface area contributed by atoms with Crippen LogP contribution in [0.15, 0.2) is 18.2 Å². The highest BCUT2D eigenvalue weighted by atomic mass is 35.5. The lowest BCUT2D eigenvalue weighted by Gasteiger charge is -2.21. The summed E-state index contributed by atoms with van der Waals surface area (Å²) in [7, 11) is 2.06. The van der Waals surface area contributed by atoms with Gasteiger partial charge in [-0.25, -0.2) is 0 Å². The predicted octanol–water partition coefficient (Wildman–Crippen LogP) is 2.68. The molecule has 0 unspecified atom stereocenters. The fourth-order valence-corrected chi connectivity index (χ4v) is 1.73. The van der Waals surface area contributed by atoms with Crippen LogP contribution in [0.3, 0.4) is 0 Å². The molecule has 0 bridgehead atoms. The first-order valence-electron chi connectivity index (χ1n) is 6.25. The first-order chi connectivity index (χ1) is 8.91. The second-order valence-electron chi connectivity index (χ2n) is 4.78. The van der Waals surface area contributed by atoms with Gasteiger partial charge in [-0.05, 0) is 32.5 Å². The molecule has 1 N–H and O–H groups in total. The van der Waals surface area contributed by atoms with Crippen molar-refractivity contribution in [2.24, 2.45) is 0 Å². The van der Waals surface area contributed by atoms with Gasteiger partial charge in [-0.2, -0.15) is 0 Å². The molecule has 0 saturated heterocycles. The molecule has 0 saturated carbocycles. The molecule has 0 heterocycles. The highest BCUT2D eigenvalue weighted by Gasteiger charge is 2.09. The van der Waals surface area contributed by atoms with Gasteiger partial charge in [0.2, 0.25) is 0 Å². The van der Waals surface area contributed by atoms with Gasteiger partial charge in [0.25, 0.3) is 5.69 Å². The third kappa shape index (κ3) is 5.14. The Kier molecular flexibility index (Phi) is 6.21. The Morgan fingerprint density at radius 3 is 2.74 bits per heavy atom. The van der Waals surface area contributed by atoms with E-state index in [1.165, 1.54) is 12.1 Å². The maximum atomic E-state index is 10.7. The van der Waals surface area contributed by atoms with Gasteiger partial charge in [0.15, 0.2) is 0 Å². The summed E-state index contributed by atoms with van der Waals surface area (Å²) in [6.45, 7) is 6.54. The van der Waals surface area contributed by atoms with E-state index in [0.29, 0.717) is 17.6 Å². The number of nitrogens with zero attached hydrogens (tertiary/aromatic N) is 2. The van der Waals surface area contributed by atoms with Crippen molar-refractivity contribution in [1.29, 1.82) is 0 Å². The van der Waals surface area contributed by atoms with Crippen LogP contribution >= 0.6 is 11.6 Å². The van der Waals surface area contributed by atoms with Gasteiger partial charge in [0, 0.05) is 42.8 Å². The van der Waals surface area contributed by atoms with Gasteiger partial charge in [-0.1, -0.05) is 11.6 Å². The number of likely N-dealkylation sites (N-methyl/N-ethyl adjacent to an activating group) is 1. The summed E-state index contributed by atoms with van der Waals surface area (Å²) in [6, 6.07) is 5.00. The number of halogens is 1. The molecule has 0 aromatic heterocycles. The third-order valence-corrected chi connectivity index (χ3v) is 3.45. The molecule has 1 rings (SSSR count). The average Bonchev–Trinajstić information content (AvgIpc) is 2.35. The number of hydrogen-bond donors (Lipinski definition) is 1. The smallest absolute Gasteiger partial charge is 0.269 e. The lowest BCUT2D eigenvalue weighted by molar-refractivity contribution is -0.384. The molecule has 0 spiro atoms. The molecule has 1 aromatic rings. The zero-order valence-corrected chi connectivity index (χ0v) is 12.3. The number of non-ortho nitro benzene ring substituents is 1. The van der Waals surface area contributed by atoms with E-state index in [9.17, 15) is 10.1 Å². The summed E-state index contributed by atoms with van der Waals surface area (Å²) in [6.07, 6.45) is 0. The summed E-state index contributed by atoms with van der Waals surface area (Å²) in [5, 5.41) is 14.5. The van der Waals surface area contributed by atoms with Crippen LogP contribution in [0.4, 0.5) is 5.69 Å². The highest BCUT2D eigenvalue weighted by molar-refractivity contribution is 6.31. The van der Waals surface area contributed by atoms with E-state index < -0.39 is 4.92 Å². The monoisotopic (exact) mass is 285 g/mol. The minimum atomic E-state index is -0.410. The van der Waals surface area contributed by atoms with Crippen LogP contribution in [-0.2, 0) is 6.54 Å². The van der Waals surface area contributed by atoms with Crippen molar-refractivity contribution in [3.05, 3.63) is 38.9 Å². The number of nitro groups is 1. The molecule has 0 aliphatic carbocycles. The van der Waals surface area contributed by atoms with Crippen molar-refractivity contribution in [2.45, 2.75) is 26.4 Å². The maximum absolute atomic E-state index is 10.7. The van der Waals surface area contributed by atoms with Crippen molar-refractivity contribution in [3.63, 3.8) is 0 Å². The van der Waals surface area contributed by atoms with E-state index in [-0.39, 0.29) is 5.69 Å². The molecule has 5 nitrogen and oxygen atoms in total. The SMILES string of the molecule is CC(C)N(C)CCNCc1cc([N+](=O)[O-])ccc1Cl. The molecule has 0 amide bonds. The van der Waals surface area contributed by atoms with Crippen LogP contribution in [0.2, 0.25) is 5.02 Å². The lowest BCUT2D eigenvalue weighted by atomic mass is 10.2. The van der Waals surface area contributed by atoms with Crippen molar-refractivity contribution in [2.75, 3.05) is 20.1 Å². The molecular formula is C13H20ClN3O2. The standard InChI is InChI=1S/C13H20ClN3O2/c1-10(2)16(3)7-6-15-9-11-8-12(17(18)19)4-5-13(11)14/h4-5,8,10,15H,6-7,9H2,1-3H3. The van der Waals surface area contributed by atoms with Gasteiger partial charge >= 0.3 is 0 Å². The molecule has 19 heavy (non-hydrogen) atoms. The van der Waals surface area contributed by atoms with Crippen LogP contribution in [0.25, 0.3) is 0 Å². The van der Waals surface area contributed by atoms with Gasteiger partial charge in [-0.15, -0.1) is 0 Å². The maximum Gasteiger partial charge on any atom is 0.269 e. The molecule has 0 radical (unpaired) electrons. The summed E-state index contributed by atoms with van der Waals surface area (Å²) in [5.74, 6) is 0. The molecular weight excluding hydrogens is 266 g/mol. The van der Waals surface area contributed by atoms with Crippen LogP contribution in [0, 0.1) is 10.1 Å². The number of hydrogen-bond acceptors (Lipinski definition) is 4. The Balaban J connectivity index is 2.49. The minimum Gasteiger partial charge on any atom is -0.311 e. The van der Waals surface area contributed by atoms with E-state index in [4.69, 9.17) is 11.6 Å². The fraction of sp³-hybridized carbons (Fsp3) is 0.538. The van der Waals surface area contributed by atoms with Gasteiger partial charge < -0.3 is 10.2 Å². The highest BCUT2D eigenvalue weighted by Crippen LogP contribution is 2.21. The summed E-state index contributed by atoms with van der Waals surface area (Å²) in [5.41, 5.74) is 0.823. The molecule has 106 valence electrons. The molecule has 0 aliphatic heterocycles. The van der Waals surface area contributed by atoms with Crippen molar-refractivity contribution in [1.82, 2.24) is 10.2 Å². The molecule has 1 aromatic carbocycles. The number of nitro benzene ring substituents is 1. The Labute approximate surface area is 118 Å². The second kappa shape index (κ2) is 7.43. The third-order valence-electron chi connectivity index (χ3n) is 3.08. The Morgan fingerprint density at radius 1 is 1.47 bits per heavy atom. The summed E-state index contributed by atoms with van der Waals surface area (Å²) >= 11 is 6.02. The lowest BCUT2D eigenvalue weighted by Crippen LogP contribution is -2.33. The zero-order valence-electron chi connectivity index (χ0n) is 11.5. The average molecular weight is 286 g/mol. The van der Waals surface area contributed by atoms with E-state index in [2.05, 4.69) is 31.1 Å². The Bertz CT molecular complexity index is 438. The quantitative estimate of drug-likeness (QED) is 0.475. The second-order valence-corrected chi connectivity index (χ2v) is 5.19. The molecule has 0 atom stereocenters. The predicted molar refractivity (Wildman–Crippen MR) is 77.6 cm³/mol. The van der Waals surface area contributed by atoms with Crippen LogP contribution in [-0.4, -0.2) is 36.0 Å². The summed E-state index contributed by atoms with van der Waals surface area (Å²) < 4.78 is 0. The Hall–Kier alpha value is -1.17. The summed E-state index contributed by atoms with van der Waals surface area (Å²) in [4.78, 5) is 12.5. The van der Waals surface area contributed by atoms with Gasteiger partial charge in [-0.3, -0.25) is 10.1 Å². The van der Waals surface area contributed by atoms with Crippen LogP contribution in [0.5, 0.6) is 0 Å². The molecule has 0 aliphatic rings. The number of benzene rings is 1.